The number of amides is 1. The van der Waals surface area contributed by atoms with Crippen LogP contribution in [0.3, 0.4) is 0 Å². The molecule has 3 aliphatic carbocycles. The van der Waals surface area contributed by atoms with Gasteiger partial charge in [0.2, 0.25) is 5.91 Å². The van der Waals surface area contributed by atoms with E-state index in [1.165, 1.54) is 22.5 Å². The van der Waals surface area contributed by atoms with E-state index < -0.39 is 0 Å². The van der Waals surface area contributed by atoms with Crippen LogP contribution in [-0.2, 0) is 11.2 Å². The number of nitroso groups, excluding NO2 is 1. The molecule has 3 aliphatic rings. The fourth-order valence-corrected chi connectivity index (χ4v) is 8.31. The van der Waals surface area contributed by atoms with Gasteiger partial charge in [-0.05, 0) is 91.7 Å². The number of oxazole rings is 1. The van der Waals surface area contributed by atoms with Gasteiger partial charge in [0.05, 0.1) is 6.04 Å². The van der Waals surface area contributed by atoms with Crippen molar-refractivity contribution in [3.05, 3.63) is 45.6 Å². The molecule has 8 heteroatoms. The number of aryl methyl sites for hydroxylation is 2. The molecule has 6 atom stereocenters. The Morgan fingerprint density at radius 3 is 3.00 bits per heavy atom. The Morgan fingerprint density at radius 2 is 2.21 bits per heavy atom. The summed E-state index contributed by atoms with van der Waals surface area (Å²) in [6.07, 6.45) is 9.53. The predicted octanol–water partition coefficient (Wildman–Crippen LogP) is 6.23. The summed E-state index contributed by atoms with van der Waals surface area (Å²) < 4.78 is 5.55. The summed E-state index contributed by atoms with van der Waals surface area (Å²) >= 11 is 1.49. The number of thiazole rings is 1. The van der Waals surface area contributed by atoms with Crippen LogP contribution < -0.4 is 5.32 Å². The maximum atomic E-state index is 12.7. The van der Waals surface area contributed by atoms with Gasteiger partial charge in [-0.25, -0.2) is 9.97 Å². The molecule has 0 aliphatic heterocycles. The molecule has 2 fully saturated rings. The molecule has 6 unspecified atom stereocenters. The fourth-order valence-electron chi connectivity index (χ4n) is 7.63. The molecule has 178 valence electrons. The monoisotopic (exact) mass is 478 g/mol. The molecule has 2 aromatic heterocycles. The van der Waals surface area contributed by atoms with Crippen LogP contribution in [0.4, 0.5) is 5.13 Å². The molecule has 2 saturated carbocycles. The van der Waals surface area contributed by atoms with Crippen LogP contribution in [0.1, 0.15) is 67.4 Å². The van der Waals surface area contributed by atoms with E-state index in [-0.39, 0.29) is 17.4 Å². The van der Waals surface area contributed by atoms with Gasteiger partial charge in [0.1, 0.15) is 5.52 Å². The van der Waals surface area contributed by atoms with Crippen molar-refractivity contribution < 1.29 is 9.21 Å². The number of nitrogens with one attached hydrogen (secondary N) is 1. The zero-order valence-electron chi connectivity index (χ0n) is 19.6. The molecule has 0 spiro atoms. The van der Waals surface area contributed by atoms with Gasteiger partial charge in [-0.3, -0.25) is 4.79 Å². The Morgan fingerprint density at radius 1 is 1.32 bits per heavy atom. The summed E-state index contributed by atoms with van der Waals surface area (Å²) in [4.78, 5) is 34.4. The summed E-state index contributed by atoms with van der Waals surface area (Å²) in [6.45, 7) is 4.27. The number of rotatable bonds is 5. The molecular formula is C26H30N4O3S. The minimum Gasteiger partial charge on any atom is -0.443 e. The number of fused-ring (bicyclic) bond motifs is 7. The second kappa shape index (κ2) is 8.26. The van der Waals surface area contributed by atoms with E-state index in [2.05, 4.69) is 39.5 Å². The number of aromatic nitrogens is 2. The summed E-state index contributed by atoms with van der Waals surface area (Å²) in [5.41, 5.74) is 4.55. The first-order chi connectivity index (χ1) is 16.5. The maximum absolute atomic E-state index is 12.7. The standard InChI is InChI=1S/C26H30N4O3S/c1-14-12-27-25(34-14)29-22(31)8-3-15-11-21(30-32)26(2)10-9-17-16-6-7-20-24(28-13-33-20)19(16)5-4-18(17)23(15)26/h6-7,12-13,15,17-18,21,23H,3-5,8-11H2,1-2H3,(H,27,29,31). The van der Waals surface area contributed by atoms with Crippen molar-refractivity contribution in [1.82, 2.24) is 9.97 Å². The molecule has 7 nitrogen and oxygen atoms in total. The second-order valence-electron chi connectivity index (χ2n) is 10.7. The van der Waals surface area contributed by atoms with Gasteiger partial charge in [0.15, 0.2) is 17.1 Å². The zero-order valence-corrected chi connectivity index (χ0v) is 20.4. The van der Waals surface area contributed by atoms with Crippen LogP contribution in [-0.4, -0.2) is 21.9 Å². The third-order valence-corrected chi connectivity index (χ3v) is 9.86. The zero-order chi connectivity index (χ0) is 23.4. The molecule has 6 rings (SSSR count). The molecule has 1 amide bonds. The predicted molar refractivity (Wildman–Crippen MR) is 132 cm³/mol. The normalized spacial score (nSPS) is 32.1. The van der Waals surface area contributed by atoms with E-state index >= 15 is 0 Å². The van der Waals surface area contributed by atoms with Crippen LogP contribution in [0.5, 0.6) is 0 Å². The van der Waals surface area contributed by atoms with Crippen molar-refractivity contribution in [3.8, 4) is 0 Å². The van der Waals surface area contributed by atoms with Crippen LogP contribution in [0, 0.1) is 35.0 Å². The summed E-state index contributed by atoms with van der Waals surface area (Å²) in [5, 5.41) is 7.23. The minimum absolute atomic E-state index is 0.00772. The fraction of sp³-hybridized carbons (Fsp3) is 0.577. The van der Waals surface area contributed by atoms with Gasteiger partial charge in [0, 0.05) is 17.5 Å². The van der Waals surface area contributed by atoms with Gasteiger partial charge < -0.3 is 9.73 Å². The van der Waals surface area contributed by atoms with Crippen molar-refractivity contribution in [1.29, 1.82) is 0 Å². The number of nitrogens with zero attached hydrogens (tertiary/aromatic N) is 3. The quantitative estimate of drug-likeness (QED) is 0.439. The number of benzene rings is 1. The lowest BCUT2D eigenvalue weighted by Gasteiger charge is -2.51. The lowest BCUT2D eigenvalue weighted by molar-refractivity contribution is -0.116. The molecule has 3 aromatic rings. The Labute approximate surface area is 202 Å². The first-order valence-corrected chi connectivity index (χ1v) is 13.2. The third-order valence-electron chi connectivity index (χ3n) is 9.04. The topological polar surface area (TPSA) is 97.5 Å². The van der Waals surface area contributed by atoms with Crippen LogP contribution in [0.25, 0.3) is 11.1 Å². The van der Waals surface area contributed by atoms with Crippen molar-refractivity contribution in [3.63, 3.8) is 0 Å². The van der Waals surface area contributed by atoms with Gasteiger partial charge in [-0.15, -0.1) is 11.3 Å². The van der Waals surface area contributed by atoms with E-state index in [1.54, 1.807) is 12.6 Å². The number of carbonyl (C=O) groups is 1. The van der Waals surface area contributed by atoms with E-state index in [4.69, 9.17) is 4.42 Å². The number of anilines is 1. The third kappa shape index (κ3) is 3.41. The summed E-state index contributed by atoms with van der Waals surface area (Å²) in [7, 11) is 0. The molecule has 0 saturated heterocycles. The lowest BCUT2D eigenvalue weighted by atomic mass is 9.53. The lowest BCUT2D eigenvalue weighted by Crippen LogP contribution is -2.45. The minimum atomic E-state index is -0.160. The average Bonchev–Trinajstić information content (AvgIpc) is 3.54. The highest BCUT2D eigenvalue weighted by Gasteiger charge is 2.59. The number of hydrogen-bond donors (Lipinski definition) is 1. The molecule has 2 heterocycles. The highest BCUT2D eigenvalue weighted by atomic mass is 32.1. The van der Waals surface area contributed by atoms with Gasteiger partial charge in [-0.1, -0.05) is 18.2 Å². The van der Waals surface area contributed by atoms with E-state index in [1.807, 2.05) is 6.92 Å². The van der Waals surface area contributed by atoms with Crippen molar-refractivity contribution in [2.75, 3.05) is 5.32 Å². The average molecular weight is 479 g/mol. The summed E-state index contributed by atoms with van der Waals surface area (Å²) in [5.74, 6) is 1.74. The molecule has 1 N–H and O–H groups in total. The highest BCUT2D eigenvalue weighted by molar-refractivity contribution is 7.15. The van der Waals surface area contributed by atoms with Gasteiger partial charge in [0.25, 0.3) is 0 Å². The van der Waals surface area contributed by atoms with Crippen LogP contribution >= 0.6 is 11.3 Å². The van der Waals surface area contributed by atoms with Crippen molar-refractivity contribution in [2.45, 2.75) is 70.8 Å². The van der Waals surface area contributed by atoms with Gasteiger partial charge >= 0.3 is 0 Å². The Kier molecular flexibility index (Phi) is 5.32. The largest absolute Gasteiger partial charge is 0.443 e. The van der Waals surface area contributed by atoms with E-state index in [0.717, 1.165) is 54.5 Å². The first-order valence-electron chi connectivity index (χ1n) is 12.4. The Balaban J connectivity index is 1.25. The number of carbonyl (C=O) groups excluding carboxylic acids is 1. The molecule has 0 radical (unpaired) electrons. The molecule has 1 aromatic carbocycles. The first kappa shape index (κ1) is 21.9. The maximum Gasteiger partial charge on any atom is 0.226 e. The second-order valence-corrected chi connectivity index (χ2v) is 11.9. The van der Waals surface area contributed by atoms with Crippen LogP contribution in [0.2, 0.25) is 0 Å². The van der Waals surface area contributed by atoms with Crippen molar-refractivity contribution >= 4 is 33.5 Å². The highest BCUT2D eigenvalue weighted by Crippen LogP contribution is 2.64. The van der Waals surface area contributed by atoms with Crippen molar-refractivity contribution in [2.24, 2.45) is 28.3 Å². The number of hydrogen-bond acceptors (Lipinski definition) is 7. The Hall–Kier alpha value is -2.61. The SMILES string of the molecule is Cc1cnc(NC(=O)CCC2CC(N=O)C3(C)CCC4c5ccc6ocnc6c5CCC4C23)s1. The van der Waals surface area contributed by atoms with Gasteiger partial charge in [-0.2, -0.15) is 4.91 Å². The van der Waals surface area contributed by atoms with Crippen LogP contribution in [0.15, 0.2) is 34.3 Å². The smallest absolute Gasteiger partial charge is 0.226 e. The van der Waals surface area contributed by atoms with E-state index in [9.17, 15) is 9.70 Å². The molecular weight excluding hydrogens is 448 g/mol. The van der Waals surface area contributed by atoms with E-state index in [0.29, 0.717) is 35.2 Å². The molecule has 34 heavy (non-hydrogen) atoms. The molecule has 0 bridgehead atoms. The summed E-state index contributed by atoms with van der Waals surface area (Å²) in [6, 6.07) is 4.14. The Bertz CT molecular complexity index is 1250.